The van der Waals surface area contributed by atoms with Gasteiger partial charge in [0.1, 0.15) is 19.3 Å². The van der Waals surface area contributed by atoms with Crippen LogP contribution in [0.2, 0.25) is 0 Å². The highest BCUT2D eigenvalue weighted by molar-refractivity contribution is 5.91. The number of ether oxygens (including phenoxy) is 4. The smallest absolute Gasteiger partial charge is 0.323 e. The summed E-state index contributed by atoms with van der Waals surface area (Å²) in [5, 5.41) is 6.80. The number of methoxy groups -OCH3 is 2. The van der Waals surface area contributed by atoms with Gasteiger partial charge in [-0.1, -0.05) is 0 Å². The van der Waals surface area contributed by atoms with Crippen molar-refractivity contribution in [3.05, 3.63) is 0 Å². The van der Waals surface area contributed by atoms with Crippen LogP contribution in [0.5, 0.6) is 0 Å². The molecule has 2 rings (SSSR count). The summed E-state index contributed by atoms with van der Waals surface area (Å²) in [7, 11) is 2.97. The maximum Gasteiger partial charge on any atom is 0.323 e. The minimum absolute atomic E-state index is 0.00579. The molecule has 0 amide bonds. The molecule has 10 nitrogen and oxygen atoms in total. The van der Waals surface area contributed by atoms with Crippen molar-refractivity contribution in [3.8, 4) is 0 Å². The molecule has 2 saturated carbocycles. The Balaban J connectivity index is 1.76. The molecule has 0 radical (unpaired) electrons. The molecule has 0 aromatic rings. The second-order valence-corrected chi connectivity index (χ2v) is 10.9. The fourth-order valence-electron chi connectivity index (χ4n) is 5.97. The number of carbonyl (C=O) groups excluding carboxylic acids is 4. The van der Waals surface area contributed by atoms with E-state index in [1.54, 1.807) is 13.8 Å². The molecule has 0 aromatic carbocycles. The predicted octanol–water partition coefficient (Wildman–Crippen LogP) is 2.75. The van der Waals surface area contributed by atoms with E-state index in [0.717, 1.165) is 51.4 Å². The van der Waals surface area contributed by atoms with E-state index in [-0.39, 0.29) is 62.9 Å². The van der Waals surface area contributed by atoms with Crippen LogP contribution in [-0.2, 0) is 38.1 Å². The van der Waals surface area contributed by atoms with Gasteiger partial charge < -0.3 is 29.6 Å². The number of rotatable bonds is 18. The van der Waals surface area contributed by atoms with Gasteiger partial charge in [-0.2, -0.15) is 0 Å². The van der Waals surface area contributed by atoms with Crippen LogP contribution >= 0.6 is 0 Å². The lowest BCUT2D eigenvalue weighted by atomic mass is 9.75. The van der Waals surface area contributed by atoms with Crippen LogP contribution in [0.3, 0.4) is 0 Å². The van der Waals surface area contributed by atoms with Gasteiger partial charge >= 0.3 is 11.9 Å². The van der Waals surface area contributed by atoms with Gasteiger partial charge in [-0.15, -0.1) is 0 Å². The fourth-order valence-corrected chi connectivity index (χ4v) is 5.97. The Bertz CT molecular complexity index is 698. The maximum absolute atomic E-state index is 12.5. The first-order valence-corrected chi connectivity index (χ1v) is 14.7. The zero-order valence-electron chi connectivity index (χ0n) is 24.3. The summed E-state index contributed by atoms with van der Waals surface area (Å²) >= 11 is 0. The van der Waals surface area contributed by atoms with E-state index in [1.165, 1.54) is 20.6 Å². The van der Waals surface area contributed by atoms with E-state index in [4.69, 9.17) is 18.9 Å². The summed E-state index contributed by atoms with van der Waals surface area (Å²) < 4.78 is 20.1. The third kappa shape index (κ3) is 12.4. The first kappa shape index (κ1) is 33.3. The van der Waals surface area contributed by atoms with E-state index in [2.05, 4.69) is 10.6 Å². The summed E-state index contributed by atoms with van der Waals surface area (Å²) in [6.07, 6.45) is 9.65. The molecule has 0 saturated heterocycles. The van der Waals surface area contributed by atoms with Gasteiger partial charge in [0.05, 0.1) is 25.7 Å². The van der Waals surface area contributed by atoms with Crippen molar-refractivity contribution in [2.24, 2.45) is 11.8 Å². The Morgan fingerprint density at radius 3 is 1.69 bits per heavy atom. The van der Waals surface area contributed by atoms with E-state index in [0.29, 0.717) is 11.8 Å². The SMILES string of the molecule is CCOC(=O)CC(NC1CCC(CC2CCC(NC(CC(=O)COC)C(=O)COC)CC2)CC1)C(=O)OCC. The molecule has 0 bridgehead atoms. The van der Waals surface area contributed by atoms with Gasteiger partial charge in [0.15, 0.2) is 11.6 Å². The standard InChI is InChI=1S/C29H50N2O8/c1-5-38-28(34)17-26(29(35)39-6-2)31-23-13-9-21(10-14-23)15-20-7-11-22(12-8-20)30-25(27(33)19-37-4)16-24(32)18-36-3/h20-23,25-26,30-31H,5-19H2,1-4H3. The summed E-state index contributed by atoms with van der Waals surface area (Å²) in [5.41, 5.74) is 0. The number of hydrogen-bond donors (Lipinski definition) is 2. The molecule has 2 aliphatic rings. The van der Waals surface area contributed by atoms with Crippen LogP contribution in [-0.4, -0.2) is 88.3 Å². The third-order valence-electron chi connectivity index (χ3n) is 7.89. The number of hydrogen-bond acceptors (Lipinski definition) is 10. The van der Waals surface area contributed by atoms with Gasteiger partial charge in [0.25, 0.3) is 0 Å². The molecular formula is C29H50N2O8. The van der Waals surface area contributed by atoms with Crippen LogP contribution in [0.25, 0.3) is 0 Å². The Labute approximate surface area is 233 Å². The molecule has 39 heavy (non-hydrogen) atoms. The molecular weight excluding hydrogens is 504 g/mol. The molecule has 0 spiro atoms. The molecule has 2 unspecified atom stereocenters. The molecule has 2 aliphatic carbocycles. The van der Waals surface area contributed by atoms with Crippen molar-refractivity contribution in [2.75, 3.05) is 40.6 Å². The quantitative estimate of drug-likeness (QED) is 0.244. The molecule has 2 N–H and O–H groups in total. The number of nitrogens with one attached hydrogen (secondary N) is 2. The van der Waals surface area contributed by atoms with Gasteiger partial charge in [0, 0.05) is 32.7 Å². The molecule has 0 aliphatic heterocycles. The van der Waals surface area contributed by atoms with E-state index < -0.39 is 24.0 Å². The summed E-state index contributed by atoms with van der Waals surface area (Å²) in [6.45, 7) is 4.09. The van der Waals surface area contributed by atoms with E-state index in [1.807, 2.05) is 0 Å². The summed E-state index contributed by atoms with van der Waals surface area (Å²) in [4.78, 5) is 48.9. The highest BCUT2D eigenvalue weighted by Gasteiger charge is 2.32. The van der Waals surface area contributed by atoms with E-state index >= 15 is 0 Å². The van der Waals surface area contributed by atoms with Gasteiger partial charge in [0.2, 0.25) is 0 Å². The normalized spacial score (nSPS) is 24.9. The van der Waals surface area contributed by atoms with Crippen LogP contribution < -0.4 is 10.6 Å². The van der Waals surface area contributed by atoms with E-state index in [9.17, 15) is 19.2 Å². The highest BCUT2D eigenvalue weighted by atomic mass is 16.5. The first-order chi connectivity index (χ1) is 18.8. The minimum atomic E-state index is -0.669. The average Bonchev–Trinajstić information content (AvgIpc) is 2.90. The maximum atomic E-state index is 12.5. The van der Waals surface area contributed by atoms with Gasteiger partial charge in [-0.25, -0.2) is 0 Å². The minimum Gasteiger partial charge on any atom is -0.466 e. The molecule has 2 fully saturated rings. The van der Waals surface area contributed by atoms with Crippen molar-refractivity contribution in [1.82, 2.24) is 10.6 Å². The highest BCUT2D eigenvalue weighted by Crippen LogP contribution is 2.35. The number of esters is 2. The first-order valence-electron chi connectivity index (χ1n) is 14.7. The summed E-state index contributed by atoms with van der Waals surface area (Å²) in [5.74, 6) is 0.350. The van der Waals surface area contributed by atoms with Crippen molar-refractivity contribution >= 4 is 23.5 Å². The fraction of sp³-hybridized carbons (Fsp3) is 0.862. The van der Waals surface area contributed by atoms with Gasteiger partial charge in [-0.3, -0.25) is 19.2 Å². The predicted molar refractivity (Wildman–Crippen MR) is 146 cm³/mol. The largest absolute Gasteiger partial charge is 0.466 e. The monoisotopic (exact) mass is 554 g/mol. The van der Waals surface area contributed by atoms with Crippen LogP contribution in [0.4, 0.5) is 0 Å². The topological polar surface area (TPSA) is 129 Å². The van der Waals surface area contributed by atoms with Crippen molar-refractivity contribution in [2.45, 2.75) is 109 Å². The average molecular weight is 555 g/mol. The van der Waals surface area contributed by atoms with Crippen molar-refractivity contribution in [3.63, 3.8) is 0 Å². The zero-order valence-corrected chi connectivity index (χ0v) is 24.3. The van der Waals surface area contributed by atoms with Crippen LogP contribution in [0.15, 0.2) is 0 Å². The molecule has 2 atom stereocenters. The van der Waals surface area contributed by atoms with Crippen molar-refractivity contribution < 1.29 is 38.1 Å². The Morgan fingerprint density at radius 1 is 0.692 bits per heavy atom. The third-order valence-corrected chi connectivity index (χ3v) is 7.89. The lowest BCUT2D eigenvalue weighted by Gasteiger charge is -2.36. The Kier molecular flexibility index (Phi) is 15.8. The number of ketones is 2. The molecule has 224 valence electrons. The molecule has 0 aromatic heterocycles. The van der Waals surface area contributed by atoms with Crippen molar-refractivity contribution in [1.29, 1.82) is 0 Å². The Hall–Kier alpha value is -1.88. The molecule has 0 heterocycles. The lowest BCUT2D eigenvalue weighted by Crippen LogP contribution is -2.47. The zero-order chi connectivity index (χ0) is 28.6. The van der Waals surface area contributed by atoms with Gasteiger partial charge in [-0.05, 0) is 83.5 Å². The van der Waals surface area contributed by atoms with Crippen LogP contribution in [0.1, 0.15) is 84.5 Å². The summed E-state index contributed by atoms with van der Waals surface area (Å²) in [6, 6.07) is -0.786. The Morgan fingerprint density at radius 2 is 1.21 bits per heavy atom. The lowest BCUT2D eigenvalue weighted by molar-refractivity contribution is -0.152. The second-order valence-electron chi connectivity index (χ2n) is 10.9. The second kappa shape index (κ2) is 18.5. The van der Waals surface area contributed by atoms with Crippen LogP contribution in [0, 0.1) is 11.8 Å². The molecule has 10 heteroatoms. The number of carbonyl (C=O) groups is 4. The number of Topliss-reactive ketones (excluding diaryl/α,β-unsaturated/α-hetero) is 2.